The van der Waals surface area contributed by atoms with Crippen molar-refractivity contribution in [3.63, 3.8) is 0 Å². The topological polar surface area (TPSA) is 95.6 Å². The largest absolute Gasteiger partial charge is 0.338 e. The van der Waals surface area contributed by atoms with Crippen LogP contribution in [-0.2, 0) is 19.6 Å². The molecule has 1 fully saturated rings. The standard InChI is InChI=1S/C22H25N3O4S/c1-23-30(28,29)20-12-9-17(10-13-20)11-14-21(26)25-15-5-6-18(16-25)22(27)24-19-7-3-2-4-8-19/h2-4,7-14,18,23H,5-6,15-16H2,1H3,(H,24,27)/b14-11+. The van der Waals surface area contributed by atoms with Gasteiger partial charge in [-0.3, -0.25) is 9.59 Å². The van der Waals surface area contributed by atoms with E-state index in [0.717, 1.165) is 18.5 Å². The van der Waals surface area contributed by atoms with Crippen molar-refractivity contribution < 1.29 is 18.0 Å². The number of hydrogen-bond donors (Lipinski definition) is 2. The lowest BCUT2D eigenvalue weighted by molar-refractivity contribution is -0.130. The Morgan fingerprint density at radius 3 is 2.43 bits per heavy atom. The number of anilines is 1. The predicted molar refractivity (Wildman–Crippen MR) is 116 cm³/mol. The Balaban J connectivity index is 1.59. The van der Waals surface area contributed by atoms with E-state index in [0.29, 0.717) is 18.7 Å². The fourth-order valence-corrected chi connectivity index (χ4v) is 4.04. The van der Waals surface area contributed by atoms with E-state index in [1.54, 1.807) is 23.1 Å². The van der Waals surface area contributed by atoms with Gasteiger partial charge in [-0.25, -0.2) is 13.1 Å². The third kappa shape index (κ3) is 5.55. The van der Waals surface area contributed by atoms with E-state index >= 15 is 0 Å². The molecule has 0 radical (unpaired) electrons. The number of hydrogen-bond acceptors (Lipinski definition) is 4. The van der Waals surface area contributed by atoms with Crippen molar-refractivity contribution >= 4 is 33.6 Å². The lowest BCUT2D eigenvalue weighted by Crippen LogP contribution is -2.43. The summed E-state index contributed by atoms with van der Waals surface area (Å²) in [6.07, 6.45) is 4.61. The molecule has 1 heterocycles. The van der Waals surface area contributed by atoms with Crippen molar-refractivity contribution in [3.05, 3.63) is 66.2 Å². The zero-order valence-electron chi connectivity index (χ0n) is 16.7. The lowest BCUT2D eigenvalue weighted by atomic mass is 9.97. The maximum absolute atomic E-state index is 12.6. The van der Waals surface area contributed by atoms with Gasteiger partial charge in [0.25, 0.3) is 0 Å². The first-order valence-corrected chi connectivity index (χ1v) is 11.2. The van der Waals surface area contributed by atoms with Crippen LogP contribution in [0.1, 0.15) is 18.4 Å². The van der Waals surface area contributed by atoms with Gasteiger partial charge in [-0.2, -0.15) is 0 Å². The zero-order chi connectivity index (χ0) is 21.6. The van der Waals surface area contributed by atoms with Gasteiger partial charge >= 0.3 is 0 Å². The Morgan fingerprint density at radius 1 is 1.07 bits per heavy atom. The summed E-state index contributed by atoms with van der Waals surface area (Å²) in [4.78, 5) is 26.9. The van der Waals surface area contributed by atoms with Crippen LogP contribution < -0.4 is 10.0 Å². The summed E-state index contributed by atoms with van der Waals surface area (Å²) in [6, 6.07) is 15.5. The molecule has 2 aromatic rings. The summed E-state index contributed by atoms with van der Waals surface area (Å²) in [7, 11) is -2.13. The zero-order valence-corrected chi connectivity index (χ0v) is 17.6. The van der Waals surface area contributed by atoms with Crippen LogP contribution in [0.5, 0.6) is 0 Å². The molecule has 30 heavy (non-hydrogen) atoms. The van der Waals surface area contributed by atoms with Crippen molar-refractivity contribution in [2.24, 2.45) is 5.92 Å². The van der Waals surface area contributed by atoms with Crippen LogP contribution in [0.2, 0.25) is 0 Å². The highest BCUT2D eigenvalue weighted by Crippen LogP contribution is 2.19. The van der Waals surface area contributed by atoms with Crippen LogP contribution in [0.15, 0.2) is 65.6 Å². The number of benzene rings is 2. The molecule has 2 N–H and O–H groups in total. The minimum Gasteiger partial charge on any atom is -0.338 e. The summed E-state index contributed by atoms with van der Waals surface area (Å²) < 4.78 is 25.8. The van der Waals surface area contributed by atoms with E-state index in [1.165, 1.54) is 25.3 Å². The minimum absolute atomic E-state index is 0.0796. The molecule has 3 rings (SSSR count). The second-order valence-electron chi connectivity index (χ2n) is 7.09. The van der Waals surface area contributed by atoms with Crippen LogP contribution >= 0.6 is 0 Å². The van der Waals surface area contributed by atoms with Gasteiger partial charge in [0.2, 0.25) is 21.8 Å². The van der Waals surface area contributed by atoms with Gasteiger partial charge in [0.1, 0.15) is 0 Å². The van der Waals surface area contributed by atoms with Gasteiger partial charge in [-0.05, 0) is 55.8 Å². The molecule has 0 saturated carbocycles. The molecule has 1 unspecified atom stereocenters. The van der Waals surface area contributed by atoms with Crippen LogP contribution in [0.4, 0.5) is 5.69 Å². The van der Waals surface area contributed by atoms with Crippen molar-refractivity contribution in [1.82, 2.24) is 9.62 Å². The number of nitrogens with zero attached hydrogens (tertiary/aromatic N) is 1. The molecule has 158 valence electrons. The average molecular weight is 428 g/mol. The van der Waals surface area contributed by atoms with Gasteiger partial charge < -0.3 is 10.2 Å². The molecule has 1 aliphatic heterocycles. The quantitative estimate of drug-likeness (QED) is 0.693. The van der Waals surface area contributed by atoms with Crippen LogP contribution in [0, 0.1) is 5.92 Å². The molecular formula is C22H25N3O4S. The highest BCUT2D eigenvalue weighted by molar-refractivity contribution is 7.89. The molecule has 0 spiro atoms. The second kappa shape index (κ2) is 9.69. The number of carbonyl (C=O) groups excluding carboxylic acids is 2. The first kappa shape index (κ1) is 21.7. The van der Waals surface area contributed by atoms with Gasteiger partial charge in [0.15, 0.2) is 0 Å². The Hall–Kier alpha value is -2.97. The Kier molecular flexibility index (Phi) is 7.02. The number of rotatable bonds is 6. The summed E-state index contributed by atoms with van der Waals surface area (Å²) in [5.74, 6) is -0.495. The molecule has 0 bridgehead atoms. The number of nitrogens with one attached hydrogen (secondary N) is 2. The number of likely N-dealkylation sites (tertiary alicyclic amines) is 1. The second-order valence-corrected chi connectivity index (χ2v) is 8.98. The molecular weight excluding hydrogens is 402 g/mol. The van der Waals surface area contributed by atoms with Crippen LogP contribution in [0.3, 0.4) is 0 Å². The van der Waals surface area contributed by atoms with E-state index in [2.05, 4.69) is 10.0 Å². The number of amides is 2. The van der Waals surface area contributed by atoms with Crippen molar-refractivity contribution in [1.29, 1.82) is 0 Å². The maximum Gasteiger partial charge on any atom is 0.246 e. The molecule has 2 aromatic carbocycles. The third-order valence-corrected chi connectivity index (χ3v) is 6.45. The van der Waals surface area contributed by atoms with E-state index in [4.69, 9.17) is 0 Å². The SMILES string of the molecule is CNS(=O)(=O)c1ccc(/C=C/C(=O)N2CCCC(C(=O)Nc3ccccc3)C2)cc1. The van der Waals surface area contributed by atoms with Gasteiger partial charge in [-0.15, -0.1) is 0 Å². The molecule has 7 nitrogen and oxygen atoms in total. The predicted octanol–water partition coefficient (Wildman–Crippen LogP) is 2.49. The van der Waals surface area contributed by atoms with Crippen molar-refractivity contribution in [2.45, 2.75) is 17.7 Å². The van der Waals surface area contributed by atoms with Gasteiger partial charge in [-0.1, -0.05) is 30.3 Å². The van der Waals surface area contributed by atoms with Crippen LogP contribution in [0.25, 0.3) is 6.08 Å². The highest BCUT2D eigenvalue weighted by Gasteiger charge is 2.27. The van der Waals surface area contributed by atoms with Gasteiger partial charge in [0, 0.05) is 24.9 Å². The number of sulfonamides is 1. The van der Waals surface area contributed by atoms with Crippen LogP contribution in [-0.4, -0.2) is 45.3 Å². The third-order valence-electron chi connectivity index (χ3n) is 5.02. The summed E-state index contributed by atoms with van der Waals surface area (Å²) in [5, 5.41) is 2.90. The number of para-hydroxylation sites is 1. The first-order chi connectivity index (χ1) is 14.4. The fourth-order valence-electron chi connectivity index (χ4n) is 3.31. The molecule has 1 aliphatic rings. The fraction of sp³-hybridized carbons (Fsp3) is 0.273. The number of carbonyl (C=O) groups is 2. The van der Waals surface area contributed by atoms with Crippen molar-refractivity contribution in [2.75, 3.05) is 25.5 Å². The lowest BCUT2D eigenvalue weighted by Gasteiger charge is -2.31. The summed E-state index contributed by atoms with van der Waals surface area (Å²) in [6.45, 7) is 0.985. The molecule has 8 heteroatoms. The molecule has 0 aliphatic carbocycles. The van der Waals surface area contributed by atoms with E-state index in [9.17, 15) is 18.0 Å². The Labute approximate surface area is 176 Å². The van der Waals surface area contributed by atoms with E-state index in [-0.39, 0.29) is 22.6 Å². The molecule has 1 atom stereocenters. The summed E-state index contributed by atoms with van der Waals surface area (Å²) >= 11 is 0. The molecule has 2 amide bonds. The normalized spacial score (nSPS) is 17.1. The first-order valence-electron chi connectivity index (χ1n) is 9.75. The maximum atomic E-state index is 12.6. The minimum atomic E-state index is -3.49. The number of piperidine rings is 1. The average Bonchev–Trinajstić information content (AvgIpc) is 2.78. The summed E-state index contributed by atoms with van der Waals surface area (Å²) in [5.41, 5.74) is 1.46. The molecule has 0 aromatic heterocycles. The van der Waals surface area contributed by atoms with Gasteiger partial charge in [0.05, 0.1) is 10.8 Å². The van der Waals surface area contributed by atoms with E-state index < -0.39 is 10.0 Å². The van der Waals surface area contributed by atoms with Crippen molar-refractivity contribution in [3.8, 4) is 0 Å². The van der Waals surface area contributed by atoms with E-state index in [1.807, 2.05) is 30.3 Å². The monoisotopic (exact) mass is 427 g/mol. The molecule has 1 saturated heterocycles. The Bertz CT molecular complexity index is 1020. The highest BCUT2D eigenvalue weighted by atomic mass is 32.2. The Morgan fingerprint density at radius 2 is 1.77 bits per heavy atom. The smallest absolute Gasteiger partial charge is 0.246 e.